The van der Waals surface area contributed by atoms with E-state index in [1.54, 1.807) is 12.1 Å². The zero-order valence-corrected chi connectivity index (χ0v) is 12.0. The number of hydrogen-bond donors (Lipinski definition) is 1. The molecule has 0 saturated heterocycles. The highest BCUT2D eigenvalue weighted by Crippen LogP contribution is 2.51. The average Bonchev–Trinajstić information content (AvgIpc) is 3.04. The minimum atomic E-state index is -0.299. The van der Waals surface area contributed by atoms with Crippen molar-refractivity contribution in [3.63, 3.8) is 0 Å². The number of rotatable bonds is 2. The SMILES string of the molecule is O=[N+]([O-])c1cccc2c1N[C@H](c1ccccc1)[C@H]1CC=C[C@@H]21. The van der Waals surface area contributed by atoms with Gasteiger partial charge in [-0.3, -0.25) is 10.1 Å². The standard InChI is InChI=1S/C18H16N2O2/c21-20(22)16-11-5-10-15-13-8-4-9-14(13)17(19-18(15)16)12-6-2-1-3-7-12/h1-8,10-11,13-14,17,19H,9H2/t13-,14+,17-/m1/s1. The molecule has 4 rings (SSSR count). The van der Waals surface area contributed by atoms with Gasteiger partial charge in [0.1, 0.15) is 5.69 Å². The molecule has 3 atom stereocenters. The molecule has 0 fully saturated rings. The molecule has 0 saturated carbocycles. The van der Waals surface area contributed by atoms with Gasteiger partial charge in [-0.05, 0) is 23.5 Å². The molecule has 0 amide bonds. The third kappa shape index (κ3) is 1.91. The fourth-order valence-corrected chi connectivity index (χ4v) is 3.75. The molecule has 1 N–H and O–H groups in total. The van der Waals surface area contributed by atoms with Gasteiger partial charge in [-0.1, -0.05) is 54.6 Å². The minimum Gasteiger partial charge on any atom is -0.372 e. The minimum absolute atomic E-state index is 0.106. The summed E-state index contributed by atoms with van der Waals surface area (Å²) in [5, 5.41) is 14.8. The molecule has 4 heteroatoms. The predicted molar refractivity (Wildman–Crippen MR) is 85.9 cm³/mol. The van der Waals surface area contributed by atoms with Gasteiger partial charge in [-0.25, -0.2) is 0 Å². The Morgan fingerprint density at radius 3 is 2.68 bits per heavy atom. The van der Waals surface area contributed by atoms with Crippen molar-refractivity contribution in [1.29, 1.82) is 0 Å². The van der Waals surface area contributed by atoms with Crippen LogP contribution in [0.5, 0.6) is 0 Å². The van der Waals surface area contributed by atoms with Gasteiger partial charge in [0.05, 0.1) is 11.0 Å². The molecule has 0 radical (unpaired) electrons. The molecule has 22 heavy (non-hydrogen) atoms. The number of nitro groups is 1. The Hall–Kier alpha value is -2.62. The van der Waals surface area contributed by atoms with Crippen LogP contribution in [0.15, 0.2) is 60.7 Å². The van der Waals surface area contributed by atoms with E-state index in [0.29, 0.717) is 11.6 Å². The topological polar surface area (TPSA) is 55.2 Å². The van der Waals surface area contributed by atoms with Crippen molar-refractivity contribution in [1.82, 2.24) is 0 Å². The summed E-state index contributed by atoms with van der Waals surface area (Å²) in [6.07, 6.45) is 5.39. The van der Waals surface area contributed by atoms with Crippen molar-refractivity contribution in [3.8, 4) is 0 Å². The molecule has 110 valence electrons. The molecule has 0 spiro atoms. The third-order valence-corrected chi connectivity index (χ3v) is 4.73. The first-order chi connectivity index (χ1) is 10.8. The monoisotopic (exact) mass is 292 g/mol. The smallest absolute Gasteiger partial charge is 0.292 e. The molecular formula is C18H16N2O2. The van der Waals surface area contributed by atoms with Crippen molar-refractivity contribution in [2.24, 2.45) is 5.92 Å². The van der Waals surface area contributed by atoms with E-state index in [9.17, 15) is 10.1 Å². The van der Waals surface area contributed by atoms with Crippen molar-refractivity contribution < 1.29 is 4.92 Å². The van der Waals surface area contributed by atoms with Crippen molar-refractivity contribution in [2.45, 2.75) is 18.4 Å². The Morgan fingerprint density at radius 2 is 1.91 bits per heavy atom. The summed E-state index contributed by atoms with van der Waals surface area (Å²) in [7, 11) is 0. The second-order valence-corrected chi connectivity index (χ2v) is 5.88. The fraction of sp³-hybridized carbons (Fsp3) is 0.222. The summed E-state index contributed by atoms with van der Waals surface area (Å²) >= 11 is 0. The number of nitro benzene ring substituents is 1. The van der Waals surface area contributed by atoms with Crippen LogP contribution in [0, 0.1) is 16.0 Å². The molecule has 0 unspecified atom stereocenters. The number of para-hydroxylation sites is 1. The maximum Gasteiger partial charge on any atom is 0.292 e. The van der Waals surface area contributed by atoms with Crippen LogP contribution in [0.2, 0.25) is 0 Å². The van der Waals surface area contributed by atoms with E-state index in [-0.39, 0.29) is 22.6 Å². The average molecular weight is 292 g/mol. The Labute approximate surface area is 128 Å². The number of fused-ring (bicyclic) bond motifs is 3. The van der Waals surface area contributed by atoms with Gasteiger partial charge in [0, 0.05) is 12.0 Å². The first kappa shape index (κ1) is 13.1. The highest BCUT2D eigenvalue weighted by atomic mass is 16.6. The van der Waals surface area contributed by atoms with E-state index >= 15 is 0 Å². The van der Waals surface area contributed by atoms with Crippen LogP contribution in [0.25, 0.3) is 0 Å². The van der Waals surface area contributed by atoms with Gasteiger partial charge < -0.3 is 5.32 Å². The molecule has 1 aliphatic carbocycles. The first-order valence-corrected chi connectivity index (χ1v) is 7.51. The van der Waals surface area contributed by atoms with Gasteiger partial charge in [-0.2, -0.15) is 0 Å². The molecule has 2 aliphatic rings. The highest BCUT2D eigenvalue weighted by Gasteiger charge is 2.40. The van der Waals surface area contributed by atoms with Crippen molar-refractivity contribution >= 4 is 11.4 Å². The molecule has 4 nitrogen and oxygen atoms in total. The van der Waals surface area contributed by atoms with Crippen LogP contribution in [0.4, 0.5) is 11.4 Å². The molecule has 2 aromatic rings. The maximum atomic E-state index is 11.4. The molecule has 1 heterocycles. The summed E-state index contributed by atoms with van der Waals surface area (Å²) in [5.41, 5.74) is 3.07. The van der Waals surface area contributed by atoms with E-state index in [1.165, 1.54) is 5.56 Å². The number of allylic oxidation sites excluding steroid dienone is 2. The van der Waals surface area contributed by atoms with Crippen LogP contribution in [0.1, 0.15) is 29.5 Å². The van der Waals surface area contributed by atoms with Gasteiger partial charge >= 0.3 is 0 Å². The summed E-state index contributed by atoms with van der Waals surface area (Å²) in [5.74, 6) is 0.665. The summed E-state index contributed by atoms with van der Waals surface area (Å²) in [6, 6.07) is 15.7. The lowest BCUT2D eigenvalue weighted by Gasteiger charge is -2.37. The molecule has 0 bridgehead atoms. The Kier molecular flexibility index (Phi) is 2.96. The van der Waals surface area contributed by atoms with Gasteiger partial charge in [0.2, 0.25) is 0 Å². The third-order valence-electron chi connectivity index (χ3n) is 4.73. The fourth-order valence-electron chi connectivity index (χ4n) is 3.75. The van der Waals surface area contributed by atoms with Crippen molar-refractivity contribution in [2.75, 3.05) is 5.32 Å². The Morgan fingerprint density at radius 1 is 1.09 bits per heavy atom. The second-order valence-electron chi connectivity index (χ2n) is 5.88. The lowest BCUT2D eigenvalue weighted by atomic mass is 9.77. The normalized spacial score (nSPS) is 25.2. The Bertz CT molecular complexity index is 755. The van der Waals surface area contributed by atoms with E-state index in [4.69, 9.17) is 0 Å². The number of anilines is 1. The molecule has 0 aromatic heterocycles. The van der Waals surface area contributed by atoms with Gasteiger partial charge in [-0.15, -0.1) is 0 Å². The summed E-state index contributed by atoms with van der Waals surface area (Å²) in [6.45, 7) is 0. The highest BCUT2D eigenvalue weighted by molar-refractivity contribution is 5.71. The van der Waals surface area contributed by atoms with Crippen LogP contribution in [-0.2, 0) is 0 Å². The molecular weight excluding hydrogens is 276 g/mol. The van der Waals surface area contributed by atoms with Gasteiger partial charge in [0.15, 0.2) is 0 Å². The van der Waals surface area contributed by atoms with E-state index in [0.717, 1.165) is 12.0 Å². The summed E-state index contributed by atoms with van der Waals surface area (Å²) < 4.78 is 0. The van der Waals surface area contributed by atoms with Gasteiger partial charge in [0.25, 0.3) is 5.69 Å². The second kappa shape index (κ2) is 4.98. The van der Waals surface area contributed by atoms with E-state index < -0.39 is 0 Å². The van der Waals surface area contributed by atoms with Crippen LogP contribution in [-0.4, -0.2) is 4.92 Å². The molecule has 1 aliphatic heterocycles. The zero-order valence-electron chi connectivity index (χ0n) is 12.0. The van der Waals surface area contributed by atoms with Crippen LogP contribution >= 0.6 is 0 Å². The van der Waals surface area contributed by atoms with Crippen LogP contribution < -0.4 is 5.32 Å². The number of nitrogens with one attached hydrogen (secondary N) is 1. The summed E-state index contributed by atoms with van der Waals surface area (Å²) in [4.78, 5) is 11.1. The maximum absolute atomic E-state index is 11.4. The number of hydrogen-bond acceptors (Lipinski definition) is 3. The van der Waals surface area contributed by atoms with Crippen LogP contribution in [0.3, 0.4) is 0 Å². The van der Waals surface area contributed by atoms with E-state index in [2.05, 4.69) is 29.6 Å². The van der Waals surface area contributed by atoms with E-state index in [1.807, 2.05) is 24.3 Å². The molecule has 2 aromatic carbocycles. The first-order valence-electron chi connectivity index (χ1n) is 7.51. The Balaban J connectivity index is 1.85. The quantitative estimate of drug-likeness (QED) is 0.506. The number of nitrogens with zero attached hydrogens (tertiary/aromatic N) is 1. The zero-order chi connectivity index (χ0) is 15.1. The lowest BCUT2D eigenvalue weighted by Crippen LogP contribution is -2.29. The largest absolute Gasteiger partial charge is 0.372 e. The van der Waals surface area contributed by atoms with Crippen molar-refractivity contribution in [3.05, 3.63) is 81.9 Å². The number of benzene rings is 2. The lowest BCUT2D eigenvalue weighted by molar-refractivity contribution is -0.384. The predicted octanol–water partition coefficient (Wildman–Crippen LogP) is 4.42.